The number of aromatic nitrogens is 2. The molecule has 2 aromatic rings. The number of anilines is 1. The van der Waals surface area contributed by atoms with Crippen LogP contribution in [0.15, 0.2) is 11.7 Å². The van der Waals surface area contributed by atoms with E-state index in [9.17, 15) is 4.79 Å². The van der Waals surface area contributed by atoms with Crippen LogP contribution in [0.25, 0.3) is 10.2 Å². The van der Waals surface area contributed by atoms with Crippen LogP contribution < -0.4 is 10.2 Å². The highest BCUT2D eigenvalue weighted by Gasteiger charge is 2.36. The van der Waals surface area contributed by atoms with Crippen molar-refractivity contribution in [3.05, 3.63) is 17.3 Å². The fraction of sp³-hybridized carbons (Fsp3) is 0.611. The van der Waals surface area contributed by atoms with Gasteiger partial charge in [0, 0.05) is 32.5 Å². The molecular formula is C18H23FN4O2S. The van der Waals surface area contributed by atoms with Gasteiger partial charge in [-0.2, -0.15) is 0 Å². The Labute approximate surface area is 155 Å². The summed E-state index contributed by atoms with van der Waals surface area (Å²) in [4.78, 5) is 23.0. The molecule has 0 saturated carbocycles. The number of nitrogens with zero attached hydrogens (tertiary/aromatic N) is 3. The van der Waals surface area contributed by atoms with E-state index < -0.39 is 5.67 Å². The van der Waals surface area contributed by atoms with Crippen LogP contribution in [0.4, 0.5) is 10.2 Å². The number of nitrogens with one attached hydrogen (secondary N) is 1. The maximum atomic E-state index is 15.1. The minimum Gasteiger partial charge on any atom is -0.381 e. The van der Waals surface area contributed by atoms with Crippen molar-refractivity contribution in [3.8, 4) is 0 Å². The molecule has 8 heteroatoms. The third kappa shape index (κ3) is 3.40. The Balaban J connectivity index is 1.37. The van der Waals surface area contributed by atoms with Gasteiger partial charge in [-0.15, -0.1) is 11.3 Å². The summed E-state index contributed by atoms with van der Waals surface area (Å²) in [5.74, 6) is 0.672. The van der Waals surface area contributed by atoms with Crippen molar-refractivity contribution in [2.75, 3.05) is 37.7 Å². The van der Waals surface area contributed by atoms with E-state index in [1.165, 1.54) is 0 Å². The second-order valence-electron chi connectivity index (χ2n) is 7.21. The molecule has 1 unspecified atom stereocenters. The molecule has 0 aromatic carbocycles. The van der Waals surface area contributed by atoms with E-state index in [1.807, 2.05) is 6.92 Å². The SMILES string of the molecule is Cc1csc2c(N3CCC(F)(CNC(=O)C4CCOC4)CC3)ncnc12. The number of fused-ring (bicyclic) bond motifs is 1. The number of hydrogen-bond donors (Lipinski definition) is 1. The van der Waals surface area contributed by atoms with Crippen molar-refractivity contribution in [2.45, 2.75) is 31.9 Å². The van der Waals surface area contributed by atoms with Crippen molar-refractivity contribution < 1.29 is 13.9 Å². The molecule has 6 nitrogen and oxygen atoms in total. The van der Waals surface area contributed by atoms with Gasteiger partial charge in [-0.1, -0.05) is 0 Å². The molecule has 0 bridgehead atoms. The summed E-state index contributed by atoms with van der Waals surface area (Å²) >= 11 is 1.63. The van der Waals surface area contributed by atoms with Crippen LogP contribution in [0.5, 0.6) is 0 Å². The van der Waals surface area contributed by atoms with E-state index in [4.69, 9.17) is 4.74 Å². The summed E-state index contributed by atoms with van der Waals surface area (Å²) in [5, 5.41) is 4.86. The van der Waals surface area contributed by atoms with Gasteiger partial charge in [-0.05, 0) is 24.3 Å². The highest BCUT2D eigenvalue weighted by atomic mass is 32.1. The first-order valence-corrected chi connectivity index (χ1v) is 9.92. The largest absolute Gasteiger partial charge is 0.381 e. The van der Waals surface area contributed by atoms with Crippen LogP contribution in [0.1, 0.15) is 24.8 Å². The highest BCUT2D eigenvalue weighted by Crippen LogP contribution is 2.34. The van der Waals surface area contributed by atoms with Gasteiger partial charge in [0.25, 0.3) is 0 Å². The minimum atomic E-state index is -1.36. The van der Waals surface area contributed by atoms with E-state index in [1.54, 1.807) is 17.7 Å². The number of piperidine rings is 1. The zero-order chi connectivity index (χ0) is 18.1. The number of ether oxygens (including phenoxy) is 1. The average Bonchev–Trinajstić information content (AvgIpc) is 3.31. The molecule has 4 heterocycles. The molecule has 1 atom stereocenters. The van der Waals surface area contributed by atoms with Crippen molar-refractivity contribution in [2.24, 2.45) is 5.92 Å². The topological polar surface area (TPSA) is 67.4 Å². The molecule has 2 aliphatic rings. The molecule has 0 radical (unpaired) electrons. The molecular weight excluding hydrogens is 355 g/mol. The van der Waals surface area contributed by atoms with E-state index in [2.05, 4.69) is 25.6 Å². The number of carbonyl (C=O) groups excluding carboxylic acids is 1. The smallest absolute Gasteiger partial charge is 0.225 e. The molecule has 26 heavy (non-hydrogen) atoms. The normalized spacial score (nSPS) is 22.7. The van der Waals surface area contributed by atoms with Crippen LogP contribution in [-0.4, -0.2) is 54.4 Å². The molecule has 2 saturated heterocycles. The van der Waals surface area contributed by atoms with E-state index in [0.29, 0.717) is 39.1 Å². The predicted molar refractivity (Wildman–Crippen MR) is 99.4 cm³/mol. The first-order chi connectivity index (χ1) is 12.6. The lowest BCUT2D eigenvalue weighted by atomic mass is 9.93. The van der Waals surface area contributed by atoms with Gasteiger partial charge in [-0.3, -0.25) is 4.79 Å². The highest BCUT2D eigenvalue weighted by molar-refractivity contribution is 7.18. The summed E-state index contributed by atoms with van der Waals surface area (Å²) in [6, 6.07) is 0. The Bertz CT molecular complexity index is 798. The second kappa shape index (κ2) is 7.08. The molecule has 1 amide bonds. The van der Waals surface area contributed by atoms with Crippen molar-refractivity contribution in [1.29, 1.82) is 0 Å². The molecule has 0 spiro atoms. The quantitative estimate of drug-likeness (QED) is 0.885. The average molecular weight is 378 g/mol. The summed E-state index contributed by atoms with van der Waals surface area (Å²) in [6.07, 6.45) is 3.07. The number of thiophene rings is 1. The Morgan fingerprint density at radius 1 is 1.46 bits per heavy atom. The van der Waals surface area contributed by atoms with Gasteiger partial charge >= 0.3 is 0 Å². The van der Waals surface area contributed by atoms with Crippen molar-refractivity contribution >= 4 is 33.3 Å². The summed E-state index contributed by atoms with van der Waals surface area (Å²) in [7, 11) is 0. The summed E-state index contributed by atoms with van der Waals surface area (Å²) in [6.45, 7) is 4.35. The van der Waals surface area contributed by atoms with Crippen LogP contribution in [0.3, 0.4) is 0 Å². The van der Waals surface area contributed by atoms with Crippen LogP contribution >= 0.6 is 11.3 Å². The third-order valence-corrected chi connectivity index (χ3v) is 6.43. The zero-order valence-corrected chi connectivity index (χ0v) is 15.6. The first-order valence-electron chi connectivity index (χ1n) is 9.04. The number of amides is 1. The molecule has 2 aliphatic heterocycles. The fourth-order valence-electron chi connectivity index (χ4n) is 3.61. The minimum absolute atomic E-state index is 0.0769. The Kier molecular flexibility index (Phi) is 4.79. The number of alkyl halides is 1. The lowest BCUT2D eigenvalue weighted by Crippen LogP contribution is -2.49. The van der Waals surface area contributed by atoms with Crippen molar-refractivity contribution in [1.82, 2.24) is 15.3 Å². The predicted octanol–water partition coefficient (Wildman–Crippen LogP) is 2.46. The van der Waals surface area contributed by atoms with Crippen LogP contribution in [-0.2, 0) is 9.53 Å². The maximum Gasteiger partial charge on any atom is 0.225 e. The van der Waals surface area contributed by atoms with E-state index in [0.717, 1.165) is 28.0 Å². The molecule has 4 rings (SSSR count). The Morgan fingerprint density at radius 3 is 3.00 bits per heavy atom. The maximum absolute atomic E-state index is 15.1. The van der Waals surface area contributed by atoms with Gasteiger partial charge in [0.1, 0.15) is 17.8 Å². The monoisotopic (exact) mass is 378 g/mol. The lowest BCUT2D eigenvalue weighted by Gasteiger charge is -2.37. The van der Waals surface area contributed by atoms with Gasteiger partial charge < -0.3 is 15.0 Å². The second-order valence-corrected chi connectivity index (χ2v) is 8.09. The number of aryl methyl sites for hydroxylation is 1. The van der Waals surface area contributed by atoms with E-state index >= 15 is 4.39 Å². The van der Waals surface area contributed by atoms with Crippen molar-refractivity contribution in [3.63, 3.8) is 0 Å². The van der Waals surface area contributed by atoms with Crippen LogP contribution in [0.2, 0.25) is 0 Å². The number of rotatable bonds is 4. The van der Waals surface area contributed by atoms with Gasteiger partial charge in [0.05, 0.1) is 29.3 Å². The van der Waals surface area contributed by atoms with Gasteiger partial charge in [0.15, 0.2) is 0 Å². The molecule has 0 aliphatic carbocycles. The summed E-state index contributed by atoms with van der Waals surface area (Å²) in [5.41, 5.74) is 0.760. The molecule has 1 N–H and O–H groups in total. The zero-order valence-electron chi connectivity index (χ0n) is 14.8. The summed E-state index contributed by atoms with van der Waals surface area (Å²) < 4.78 is 21.4. The van der Waals surface area contributed by atoms with Crippen LogP contribution in [0, 0.1) is 12.8 Å². The molecule has 140 valence electrons. The molecule has 2 fully saturated rings. The first kappa shape index (κ1) is 17.6. The fourth-order valence-corrected chi connectivity index (χ4v) is 4.63. The number of halogens is 1. The van der Waals surface area contributed by atoms with Gasteiger partial charge in [-0.25, -0.2) is 14.4 Å². The molecule has 2 aromatic heterocycles. The Morgan fingerprint density at radius 2 is 2.27 bits per heavy atom. The Hall–Kier alpha value is -1.80. The standard InChI is InChI=1S/C18H23FN4O2S/c1-12-9-26-15-14(12)21-11-22-16(15)23-5-3-18(19,4-6-23)10-20-17(24)13-2-7-25-8-13/h9,11,13H,2-8,10H2,1H3,(H,20,24). The van der Waals surface area contributed by atoms with E-state index in [-0.39, 0.29) is 18.4 Å². The number of hydrogen-bond acceptors (Lipinski definition) is 6. The van der Waals surface area contributed by atoms with Gasteiger partial charge in [0.2, 0.25) is 5.91 Å². The third-order valence-electron chi connectivity index (χ3n) is 5.35. The number of carbonyl (C=O) groups is 1. The lowest BCUT2D eigenvalue weighted by molar-refractivity contribution is -0.125.